The summed E-state index contributed by atoms with van der Waals surface area (Å²) < 4.78 is 12.8. The van der Waals surface area contributed by atoms with E-state index >= 15 is 0 Å². The van der Waals surface area contributed by atoms with Crippen molar-refractivity contribution in [3.8, 4) is 0 Å². The number of halogens is 1. The third-order valence-corrected chi connectivity index (χ3v) is 2.72. The molecule has 0 heterocycles. The highest BCUT2D eigenvalue weighted by Crippen LogP contribution is 2.21. The van der Waals surface area contributed by atoms with Crippen molar-refractivity contribution in [1.29, 1.82) is 0 Å². The minimum atomic E-state index is -0.187. The van der Waals surface area contributed by atoms with Gasteiger partial charge in [-0.2, -0.15) is 0 Å². The number of rotatable bonds is 6. The highest BCUT2D eigenvalue weighted by Gasteiger charge is 2.10. The molecule has 1 aromatic carbocycles. The normalized spacial score (nSPS) is 12.4. The van der Waals surface area contributed by atoms with Gasteiger partial charge in [0.2, 0.25) is 0 Å². The molecule has 1 atom stereocenters. The lowest BCUT2D eigenvalue weighted by Crippen LogP contribution is -2.21. The maximum Gasteiger partial charge on any atom is 0.123 e. The monoisotopic (exact) mass is 221 g/mol. The summed E-state index contributed by atoms with van der Waals surface area (Å²) in [4.78, 5) is 0. The van der Waals surface area contributed by atoms with Gasteiger partial charge in [-0.25, -0.2) is 4.39 Å². The van der Waals surface area contributed by atoms with Gasteiger partial charge in [0, 0.05) is 6.04 Å². The Kier molecular flexibility index (Phi) is 5.20. The standard InChI is InChI=1S/C14H20FN/c1-4-11(3)10-14(16-5-2)12-6-8-13(15)9-7-12/h6-9,14,16H,3-5,10H2,1-2H3. The summed E-state index contributed by atoms with van der Waals surface area (Å²) in [5, 5.41) is 3.40. The molecule has 0 amide bonds. The van der Waals surface area contributed by atoms with Crippen LogP contribution in [-0.2, 0) is 0 Å². The average molecular weight is 221 g/mol. The van der Waals surface area contributed by atoms with Crippen LogP contribution in [0.2, 0.25) is 0 Å². The minimum Gasteiger partial charge on any atom is -0.310 e. The Morgan fingerprint density at radius 1 is 1.31 bits per heavy atom. The quantitative estimate of drug-likeness (QED) is 0.720. The fourth-order valence-electron chi connectivity index (χ4n) is 1.68. The molecule has 1 aromatic rings. The lowest BCUT2D eigenvalue weighted by molar-refractivity contribution is 0.541. The summed E-state index contributed by atoms with van der Waals surface area (Å²) in [6, 6.07) is 6.94. The summed E-state index contributed by atoms with van der Waals surface area (Å²) in [6.45, 7) is 9.11. The smallest absolute Gasteiger partial charge is 0.123 e. The Morgan fingerprint density at radius 2 is 1.94 bits per heavy atom. The predicted molar refractivity (Wildman–Crippen MR) is 66.9 cm³/mol. The summed E-state index contributed by atoms with van der Waals surface area (Å²) >= 11 is 0. The molecule has 1 nitrogen and oxygen atoms in total. The summed E-state index contributed by atoms with van der Waals surface area (Å²) in [7, 11) is 0. The van der Waals surface area contributed by atoms with Crippen molar-refractivity contribution < 1.29 is 4.39 Å². The van der Waals surface area contributed by atoms with Crippen molar-refractivity contribution in [3.05, 3.63) is 47.8 Å². The topological polar surface area (TPSA) is 12.0 Å². The van der Waals surface area contributed by atoms with Crippen LogP contribution >= 0.6 is 0 Å². The van der Waals surface area contributed by atoms with Gasteiger partial charge in [-0.15, -0.1) is 0 Å². The largest absolute Gasteiger partial charge is 0.310 e. The van der Waals surface area contributed by atoms with Crippen LogP contribution in [0, 0.1) is 5.82 Å². The molecule has 0 aliphatic carbocycles. The first-order valence-electron chi connectivity index (χ1n) is 5.82. The van der Waals surface area contributed by atoms with E-state index in [4.69, 9.17) is 0 Å². The third-order valence-electron chi connectivity index (χ3n) is 2.72. The van der Waals surface area contributed by atoms with Crippen LogP contribution in [-0.4, -0.2) is 6.54 Å². The first-order chi connectivity index (χ1) is 7.67. The number of benzene rings is 1. The van der Waals surface area contributed by atoms with Gasteiger partial charge in [0.25, 0.3) is 0 Å². The van der Waals surface area contributed by atoms with Crippen LogP contribution in [0.3, 0.4) is 0 Å². The van der Waals surface area contributed by atoms with Crippen LogP contribution in [0.15, 0.2) is 36.4 Å². The molecule has 0 aromatic heterocycles. The van der Waals surface area contributed by atoms with Gasteiger partial charge in [-0.05, 0) is 37.1 Å². The van der Waals surface area contributed by atoms with Crippen molar-refractivity contribution in [2.45, 2.75) is 32.7 Å². The lowest BCUT2D eigenvalue weighted by Gasteiger charge is -2.19. The molecule has 0 fully saturated rings. The SMILES string of the molecule is C=C(CC)CC(NCC)c1ccc(F)cc1. The zero-order valence-corrected chi connectivity index (χ0v) is 10.1. The maximum absolute atomic E-state index is 12.8. The van der Waals surface area contributed by atoms with Gasteiger partial charge in [0.05, 0.1) is 0 Å². The lowest BCUT2D eigenvalue weighted by atomic mass is 9.98. The molecule has 1 unspecified atom stereocenters. The Hall–Kier alpha value is -1.15. The Balaban J connectivity index is 2.76. The van der Waals surface area contributed by atoms with E-state index in [0.717, 1.165) is 24.9 Å². The van der Waals surface area contributed by atoms with Crippen LogP contribution < -0.4 is 5.32 Å². The fraction of sp³-hybridized carbons (Fsp3) is 0.429. The fourth-order valence-corrected chi connectivity index (χ4v) is 1.68. The van der Waals surface area contributed by atoms with Crippen molar-refractivity contribution in [2.75, 3.05) is 6.54 Å². The second kappa shape index (κ2) is 6.44. The molecule has 0 radical (unpaired) electrons. The molecule has 1 N–H and O–H groups in total. The zero-order chi connectivity index (χ0) is 12.0. The first-order valence-corrected chi connectivity index (χ1v) is 5.82. The molecular weight excluding hydrogens is 201 g/mol. The van der Waals surface area contributed by atoms with E-state index < -0.39 is 0 Å². The van der Waals surface area contributed by atoms with Gasteiger partial charge in [-0.1, -0.05) is 38.1 Å². The second-order valence-electron chi connectivity index (χ2n) is 3.97. The van der Waals surface area contributed by atoms with E-state index in [1.807, 2.05) is 12.1 Å². The molecule has 88 valence electrons. The van der Waals surface area contributed by atoms with Crippen LogP contribution in [0.1, 0.15) is 38.3 Å². The van der Waals surface area contributed by atoms with E-state index in [0.29, 0.717) is 0 Å². The van der Waals surface area contributed by atoms with Crippen LogP contribution in [0.5, 0.6) is 0 Å². The van der Waals surface area contributed by atoms with Gasteiger partial charge >= 0.3 is 0 Å². The Morgan fingerprint density at radius 3 is 2.44 bits per heavy atom. The first kappa shape index (κ1) is 12.9. The van der Waals surface area contributed by atoms with E-state index in [1.165, 1.54) is 17.7 Å². The molecule has 16 heavy (non-hydrogen) atoms. The molecule has 0 bridgehead atoms. The van der Waals surface area contributed by atoms with Gasteiger partial charge in [0.15, 0.2) is 0 Å². The van der Waals surface area contributed by atoms with E-state index in [9.17, 15) is 4.39 Å². The summed E-state index contributed by atoms with van der Waals surface area (Å²) in [6.07, 6.45) is 1.90. The highest BCUT2D eigenvalue weighted by atomic mass is 19.1. The maximum atomic E-state index is 12.8. The van der Waals surface area contributed by atoms with Crippen molar-refractivity contribution in [1.82, 2.24) is 5.32 Å². The average Bonchev–Trinajstić information content (AvgIpc) is 2.29. The van der Waals surface area contributed by atoms with Gasteiger partial charge in [0.1, 0.15) is 5.82 Å². The summed E-state index contributed by atoms with van der Waals surface area (Å²) in [5.41, 5.74) is 2.34. The minimum absolute atomic E-state index is 0.187. The molecule has 0 aliphatic heterocycles. The zero-order valence-electron chi connectivity index (χ0n) is 10.1. The number of nitrogens with one attached hydrogen (secondary N) is 1. The van der Waals surface area contributed by atoms with E-state index in [1.54, 1.807) is 0 Å². The van der Waals surface area contributed by atoms with Crippen LogP contribution in [0.25, 0.3) is 0 Å². The highest BCUT2D eigenvalue weighted by molar-refractivity contribution is 5.21. The molecule has 1 rings (SSSR count). The van der Waals surface area contributed by atoms with E-state index in [-0.39, 0.29) is 11.9 Å². The molecule has 0 aliphatic rings. The number of hydrogen-bond donors (Lipinski definition) is 1. The molecule has 0 saturated heterocycles. The Bertz CT molecular complexity index is 329. The van der Waals surface area contributed by atoms with Gasteiger partial charge < -0.3 is 5.32 Å². The predicted octanol–water partition coefficient (Wildman–Crippen LogP) is 3.83. The van der Waals surface area contributed by atoms with Crippen LogP contribution in [0.4, 0.5) is 4.39 Å². The molecular formula is C14H20FN. The van der Waals surface area contributed by atoms with Crippen molar-refractivity contribution in [2.24, 2.45) is 0 Å². The van der Waals surface area contributed by atoms with Crippen molar-refractivity contribution in [3.63, 3.8) is 0 Å². The second-order valence-corrected chi connectivity index (χ2v) is 3.97. The molecule has 0 spiro atoms. The van der Waals surface area contributed by atoms with Crippen molar-refractivity contribution >= 4 is 0 Å². The summed E-state index contributed by atoms with van der Waals surface area (Å²) in [5.74, 6) is -0.187. The van der Waals surface area contributed by atoms with E-state index in [2.05, 4.69) is 25.7 Å². The number of hydrogen-bond acceptors (Lipinski definition) is 1. The molecule has 0 saturated carbocycles. The Labute approximate surface area is 97.4 Å². The third kappa shape index (κ3) is 3.78. The van der Waals surface area contributed by atoms with Gasteiger partial charge in [-0.3, -0.25) is 0 Å². The molecule has 2 heteroatoms.